The number of unbranched alkanes of at least 4 members (excludes halogenated alkanes) is 2. The molecule has 4 rings (SSSR count). The number of dihydropyridines is 1. The summed E-state index contributed by atoms with van der Waals surface area (Å²) in [5.41, 5.74) is 2.96. The van der Waals surface area contributed by atoms with E-state index in [4.69, 9.17) is 16.3 Å². The fourth-order valence-electron chi connectivity index (χ4n) is 4.54. The standard InChI is InChI=1S/C32H29ClF6N2O4/c1-19-5-7-20(8-6-19)25-18-27(24-14-13-23(17-26(24)33)44-16-4-2-3-15-31(34,35)36)41-30(43)28(25)29(42)40-21-9-11-22(12-10-21)45-32(37,38)39/h5-14,17-18,30,41,43H,2-4,15-16H2,1H3,(H,40,42). The van der Waals surface area contributed by atoms with Gasteiger partial charge < -0.3 is 25.2 Å². The zero-order valence-electron chi connectivity index (χ0n) is 23.9. The molecule has 1 aliphatic heterocycles. The van der Waals surface area contributed by atoms with Crippen molar-refractivity contribution < 1.29 is 45.7 Å². The van der Waals surface area contributed by atoms with Crippen molar-refractivity contribution >= 4 is 34.5 Å². The highest BCUT2D eigenvalue weighted by Gasteiger charge is 2.32. The molecule has 6 nitrogen and oxygen atoms in total. The molecule has 0 spiro atoms. The number of aliphatic hydroxyl groups excluding tert-OH is 1. The second kappa shape index (κ2) is 14.3. The Bertz CT molecular complexity index is 1550. The highest BCUT2D eigenvalue weighted by molar-refractivity contribution is 6.32. The lowest BCUT2D eigenvalue weighted by Gasteiger charge is -2.27. The van der Waals surface area contributed by atoms with Crippen LogP contribution in [0, 0.1) is 6.92 Å². The molecule has 13 heteroatoms. The molecular formula is C32H29ClF6N2O4. The van der Waals surface area contributed by atoms with Gasteiger partial charge in [-0.2, -0.15) is 13.2 Å². The number of nitrogens with one attached hydrogen (secondary N) is 2. The van der Waals surface area contributed by atoms with Crippen molar-refractivity contribution in [1.29, 1.82) is 0 Å². The molecule has 0 saturated heterocycles. The highest BCUT2D eigenvalue weighted by atomic mass is 35.5. The third-order valence-corrected chi connectivity index (χ3v) is 7.01. The number of allylic oxidation sites excluding steroid dienone is 2. The van der Waals surface area contributed by atoms with Crippen LogP contribution in [0.5, 0.6) is 11.5 Å². The van der Waals surface area contributed by atoms with Gasteiger partial charge in [0.05, 0.1) is 17.2 Å². The summed E-state index contributed by atoms with van der Waals surface area (Å²) in [7, 11) is 0. The van der Waals surface area contributed by atoms with E-state index in [2.05, 4.69) is 15.4 Å². The van der Waals surface area contributed by atoms with Crippen molar-refractivity contribution in [3.8, 4) is 11.5 Å². The summed E-state index contributed by atoms with van der Waals surface area (Å²) in [5.74, 6) is -0.741. The van der Waals surface area contributed by atoms with E-state index in [9.17, 15) is 36.2 Å². The van der Waals surface area contributed by atoms with E-state index in [1.165, 1.54) is 12.1 Å². The predicted molar refractivity (Wildman–Crippen MR) is 158 cm³/mol. The maximum Gasteiger partial charge on any atom is 0.573 e. The van der Waals surface area contributed by atoms with Crippen molar-refractivity contribution in [2.45, 2.75) is 51.4 Å². The van der Waals surface area contributed by atoms with Crippen molar-refractivity contribution in [2.75, 3.05) is 11.9 Å². The SMILES string of the molecule is Cc1ccc(C2=C(C(=O)Nc3ccc(OC(F)(F)F)cc3)C(O)NC(c3ccc(OCCCCCC(F)(F)F)cc3Cl)=C2)cc1. The van der Waals surface area contributed by atoms with Gasteiger partial charge >= 0.3 is 12.5 Å². The molecule has 1 atom stereocenters. The number of aryl methyl sites for hydroxylation is 1. The van der Waals surface area contributed by atoms with Gasteiger partial charge in [0.25, 0.3) is 5.91 Å². The van der Waals surface area contributed by atoms with Gasteiger partial charge in [-0.15, -0.1) is 13.2 Å². The van der Waals surface area contributed by atoms with E-state index in [1.54, 1.807) is 36.4 Å². The number of rotatable bonds is 11. The van der Waals surface area contributed by atoms with Gasteiger partial charge in [-0.3, -0.25) is 4.79 Å². The molecule has 240 valence electrons. The minimum Gasteiger partial charge on any atom is -0.494 e. The normalized spacial score (nSPS) is 15.3. The number of hydrogen-bond donors (Lipinski definition) is 3. The van der Waals surface area contributed by atoms with Crippen LogP contribution >= 0.6 is 11.6 Å². The van der Waals surface area contributed by atoms with Crippen molar-refractivity contribution in [3.05, 3.63) is 100 Å². The zero-order valence-corrected chi connectivity index (χ0v) is 24.6. The molecule has 0 aliphatic carbocycles. The van der Waals surface area contributed by atoms with E-state index < -0.39 is 36.8 Å². The van der Waals surface area contributed by atoms with Gasteiger partial charge in [0.1, 0.15) is 11.5 Å². The highest BCUT2D eigenvalue weighted by Crippen LogP contribution is 2.35. The number of amides is 1. The number of ether oxygens (including phenoxy) is 2. The Morgan fingerprint density at radius 2 is 1.60 bits per heavy atom. The second-order valence-corrected chi connectivity index (χ2v) is 10.6. The summed E-state index contributed by atoms with van der Waals surface area (Å²) < 4.78 is 83.9. The number of alkyl halides is 6. The van der Waals surface area contributed by atoms with Gasteiger partial charge in [0.15, 0.2) is 6.23 Å². The number of carbonyl (C=O) groups excluding carboxylic acids is 1. The van der Waals surface area contributed by atoms with Crippen LogP contribution in [-0.2, 0) is 4.79 Å². The summed E-state index contributed by atoms with van der Waals surface area (Å²) in [6.45, 7) is 2.10. The molecule has 45 heavy (non-hydrogen) atoms. The van der Waals surface area contributed by atoms with E-state index in [0.29, 0.717) is 41.0 Å². The topological polar surface area (TPSA) is 79.8 Å². The largest absolute Gasteiger partial charge is 0.573 e. The van der Waals surface area contributed by atoms with Gasteiger partial charge in [0, 0.05) is 23.4 Å². The van der Waals surface area contributed by atoms with Gasteiger partial charge in [-0.25, -0.2) is 0 Å². The minimum atomic E-state index is -4.86. The van der Waals surface area contributed by atoms with Crippen LogP contribution in [0.1, 0.15) is 42.4 Å². The third kappa shape index (κ3) is 9.92. The van der Waals surface area contributed by atoms with Crippen LogP contribution in [0.15, 0.2) is 78.4 Å². The molecule has 0 radical (unpaired) electrons. The first-order valence-electron chi connectivity index (χ1n) is 13.8. The summed E-state index contributed by atoms with van der Waals surface area (Å²) in [4.78, 5) is 13.4. The van der Waals surface area contributed by atoms with E-state index >= 15 is 0 Å². The molecule has 1 aliphatic rings. The first-order chi connectivity index (χ1) is 21.2. The molecule has 1 unspecified atom stereocenters. The number of benzene rings is 3. The first kappa shape index (κ1) is 33.7. The Morgan fingerprint density at radius 1 is 0.933 bits per heavy atom. The van der Waals surface area contributed by atoms with Crippen LogP contribution in [-0.4, -0.2) is 36.4 Å². The van der Waals surface area contributed by atoms with Gasteiger partial charge in [-0.1, -0.05) is 41.4 Å². The Hall–Kier alpha value is -4.16. The molecule has 3 N–H and O–H groups in total. The summed E-state index contributed by atoms with van der Waals surface area (Å²) in [5, 5.41) is 16.9. The fraction of sp³-hybridized carbons (Fsp3) is 0.281. The quantitative estimate of drug-likeness (QED) is 0.143. The smallest absolute Gasteiger partial charge is 0.494 e. The molecule has 1 amide bonds. The molecule has 0 fully saturated rings. The maximum absolute atomic E-state index is 13.4. The minimum absolute atomic E-state index is 0.0226. The Balaban J connectivity index is 1.55. The summed E-state index contributed by atoms with van der Waals surface area (Å²) >= 11 is 6.55. The Morgan fingerprint density at radius 3 is 2.22 bits per heavy atom. The Kier molecular flexibility index (Phi) is 10.7. The third-order valence-electron chi connectivity index (χ3n) is 6.70. The van der Waals surface area contributed by atoms with Crippen LogP contribution in [0.3, 0.4) is 0 Å². The summed E-state index contributed by atoms with van der Waals surface area (Å²) in [6, 6.07) is 16.6. The lowest BCUT2D eigenvalue weighted by molar-refractivity contribution is -0.274. The number of halogens is 7. The lowest BCUT2D eigenvalue weighted by Crippen LogP contribution is -2.38. The van der Waals surface area contributed by atoms with E-state index in [1.807, 2.05) is 19.1 Å². The molecule has 0 bridgehead atoms. The van der Waals surface area contributed by atoms with E-state index in [0.717, 1.165) is 17.7 Å². The molecular weight excluding hydrogens is 626 g/mol. The summed E-state index contributed by atoms with van der Waals surface area (Å²) in [6.07, 6.45) is -8.90. The average molecular weight is 655 g/mol. The number of aliphatic hydroxyl groups is 1. The first-order valence-corrected chi connectivity index (χ1v) is 14.2. The number of anilines is 1. The molecule has 3 aromatic carbocycles. The molecule has 3 aromatic rings. The lowest BCUT2D eigenvalue weighted by atomic mass is 9.92. The zero-order chi connectivity index (χ0) is 32.8. The van der Waals surface area contributed by atoms with Gasteiger partial charge in [0.2, 0.25) is 0 Å². The van der Waals surface area contributed by atoms with Crippen LogP contribution in [0.4, 0.5) is 32.0 Å². The van der Waals surface area contributed by atoms with Crippen LogP contribution in [0.2, 0.25) is 5.02 Å². The van der Waals surface area contributed by atoms with Crippen LogP contribution < -0.4 is 20.1 Å². The van der Waals surface area contributed by atoms with E-state index in [-0.39, 0.29) is 29.3 Å². The average Bonchev–Trinajstić information content (AvgIpc) is 2.94. The molecule has 0 aromatic heterocycles. The van der Waals surface area contributed by atoms with Gasteiger partial charge in [-0.05, 0) is 85.9 Å². The monoisotopic (exact) mass is 654 g/mol. The molecule has 0 saturated carbocycles. The fourth-order valence-corrected chi connectivity index (χ4v) is 4.81. The maximum atomic E-state index is 13.4. The predicted octanol–water partition coefficient (Wildman–Crippen LogP) is 8.40. The Labute approximate surface area is 260 Å². The number of carbonyl (C=O) groups is 1. The second-order valence-electron chi connectivity index (χ2n) is 10.2. The van der Waals surface area contributed by atoms with Crippen LogP contribution in [0.25, 0.3) is 11.3 Å². The van der Waals surface area contributed by atoms with Crippen molar-refractivity contribution in [1.82, 2.24) is 5.32 Å². The van der Waals surface area contributed by atoms with Crippen molar-refractivity contribution in [2.24, 2.45) is 0 Å². The molecule has 1 heterocycles. The van der Waals surface area contributed by atoms with Crippen molar-refractivity contribution in [3.63, 3.8) is 0 Å². The number of hydrogen-bond acceptors (Lipinski definition) is 5.